The van der Waals surface area contributed by atoms with Gasteiger partial charge in [-0.1, -0.05) is 0 Å². The molecule has 0 amide bonds. The quantitative estimate of drug-likeness (QED) is 0.720. The van der Waals surface area contributed by atoms with Crippen LogP contribution in [0.2, 0.25) is 0 Å². The van der Waals surface area contributed by atoms with Gasteiger partial charge in [0.05, 0.1) is 16.8 Å². The van der Waals surface area contributed by atoms with Gasteiger partial charge in [-0.05, 0) is 36.4 Å². The van der Waals surface area contributed by atoms with Gasteiger partial charge in [0, 0.05) is 12.3 Å². The number of benzene rings is 1. The van der Waals surface area contributed by atoms with Crippen molar-refractivity contribution in [1.82, 2.24) is 9.78 Å². The van der Waals surface area contributed by atoms with Gasteiger partial charge in [-0.15, -0.1) is 0 Å². The smallest absolute Gasteiger partial charge is 0.435 e. The standard InChI is InChI=1S/C15H11F3N2O3S/c1-24(21,22)11-6-4-10(5-7-11)20-12(13-3-2-8-23-13)9-14(19-20)15(16,17)18/h2-9H,1H3. The molecule has 0 fully saturated rings. The van der Waals surface area contributed by atoms with Crippen molar-refractivity contribution in [2.24, 2.45) is 0 Å². The van der Waals surface area contributed by atoms with Crippen LogP contribution in [0, 0.1) is 0 Å². The molecule has 0 aliphatic rings. The number of furan rings is 1. The molecule has 3 aromatic rings. The SMILES string of the molecule is CS(=O)(=O)c1ccc(-n2nc(C(F)(F)F)cc2-c2ccco2)cc1. The third-order valence-corrected chi connectivity index (χ3v) is 4.41. The van der Waals surface area contributed by atoms with Crippen molar-refractivity contribution in [3.8, 4) is 17.1 Å². The third-order valence-electron chi connectivity index (χ3n) is 3.28. The fourth-order valence-corrected chi connectivity index (χ4v) is 2.78. The first-order valence-electron chi connectivity index (χ1n) is 6.68. The number of rotatable bonds is 3. The first-order valence-corrected chi connectivity index (χ1v) is 8.57. The highest BCUT2D eigenvalue weighted by Gasteiger charge is 2.35. The van der Waals surface area contributed by atoms with Crippen LogP contribution in [0.15, 0.2) is 58.0 Å². The zero-order valence-electron chi connectivity index (χ0n) is 12.3. The van der Waals surface area contributed by atoms with Crippen LogP contribution in [-0.2, 0) is 16.0 Å². The number of hydrogen-bond donors (Lipinski definition) is 0. The molecule has 5 nitrogen and oxygen atoms in total. The molecule has 2 heterocycles. The van der Waals surface area contributed by atoms with Crippen molar-refractivity contribution in [2.45, 2.75) is 11.1 Å². The molecule has 0 unspecified atom stereocenters. The lowest BCUT2D eigenvalue weighted by Gasteiger charge is -2.07. The summed E-state index contributed by atoms with van der Waals surface area (Å²) in [6, 6.07) is 9.33. The zero-order chi connectivity index (χ0) is 17.5. The summed E-state index contributed by atoms with van der Waals surface area (Å²) in [7, 11) is -3.40. The summed E-state index contributed by atoms with van der Waals surface area (Å²) in [5, 5.41) is 3.58. The Hall–Kier alpha value is -2.55. The molecule has 9 heteroatoms. The van der Waals surface area contributed by atoms with Crippen LogP contribution in [0.1, 0.15) is 5.69 Å². The first-order chi connectivity index (χ1) is 11.2. The van der Waals surface area contributed by atoms with Crippen molar-refractivity contribution in [3.05, 3.63) is 54.4 Å². The highest BCUT2D eigenvalue weighted by Crippen LogP contribution is 2.33. The minimum Gasteiger partial charge on any atom is -0.463 e. The van der Waals surface area contributed by atoms with Gasteiger partial charge in [0.2, 0.25) is 0 Å². The Morgan fingerprint density at radius 2 is 1.79 bits per heavy atom. The molecule has 2 aromatic heterocycles. The van der Waals surface area contributed by atoms with E-state index in [4.69, 9.17) is 4.42 Å². The number of sulfone groups is 1. The van der Waals surface area contributed by atoms with Crippen LogP contribution in [0.25, 0.3) is 17.1 Å². The number of hydrogen-bond acceptors (Lipinski definition) is 4. The lowest BCUT2D eigenvalue weighted by Crippen LogP contribution is -2.07. The molecule has 1 aromatic carbocycles. The van der Waals surface area contributed by atoms with Gasteiger partial charge < -0.3 is 4.42 Å². The molecule has 0 saturated carbocycles. The lowest BCUT2D eigenvalue weighted by atomic mass is 10.2. The van der Waals surface area contributed by atoms with E-state index in [1.807, 2.05) is 0 Å². The summed E-state index contributed by atoms with van der Waals surface area (Å²) in [6.45, 7) is 0. The van der Waals surface area contributed by atoms with Crippen molar-refractivity contribution in [3.63, 3.8) is 0 Å². The maximum absolute atomic E-state index is 13.0. The van der Waals surface area contributed by atoms with Crippen molar-refractivity contribution >= 4 is 9.84 Å². The van der Waals surface area contributed by atoms with Crippen LogP contribution in [0.5, 0.6) is 0 Å². The monoisotopic (exact) mass is 356 g/mol. The topological polar surface area (TPSA) is 65.1 Å². The second-order valence-corrected chi connectivity index (χ2v) is 7.08. The first kappa shape index (κ1) is 16.3. The van der Waals surface area contributed by atoms with Gasteiger partial charge in [0.25, 0.3) is 0 Å². The molecule has 0 spiro atoms. The zero-order valence-corrected chi connectivity index (χ0v) is 13.1. The molecule has 0 saturated heterocycles. The maximum atomic E-state index is 13.0. The Labute approximate surface area is 135 Å². The summed E-state index contributed by atoms with van der Waals surface area (Å²) in [5.74, 6) is 0.213. The van der Waals surface area contributed by atoms with E-state index in [2.05, 4.69) is 5.10 Å². The maximum Gasteiger partial charge on any atom is 0.435 e. The highest BCUT2D eigenvalue weighted by molar-refractivity contribution is 7.90. The van der Waals surface area contributed by atoms with Crippen molar-refractivity contribution < 1.29 is 26.0 Å². The molecule has 24 heavy (non-hydrogen) atoms. The predicted molar refractivity (Wildman–Crippen MR) is 79.4 cm³/mol. The van der Waals surface area contributed by atoms with Gasteiger partial charge >= 0.3 is 6.18 Å². The van der Waals surface area contributed by atoms with Gasteiger partial charge in [-0.25, -0.2) is 13.1 Å². The van der Waals surface area contributed by atoms with E-state index < -0.39 is 21.7 Å². The molecule has 3 rings (SSSR count). The number of nitrogens with zero attached hydrogens (tertiary/aromatic N) is 2. The molecule has 0 bridgehead atoms. The third kappa shape index (κ3) is 3.07. The molecular weight excluding hydrogens is 345 g/mol. The lowest BCUT2D eigenvalue weighted by molar-refractivity contribution is -0.141. The van der Waals surface area contributed by atoms with Crippen LogP contribution in [0.3, 0.4) is 0 Å². The number of alkyl halides is 3. The van der Waals surface area contributed by atoms with Gasteiger partial charge in [-0.2, -0.15) is 18.3 Å². The van der Waals surface area contributed by atoms with E-state index in [1.165, 1.54) is 36.6 Å². The number of aromatic nitrogens is 2. The molecule has 0 N–H and O–H groups in total. The Kier molecular flexibility index (Phi) is 3.75. The van der Waals surface area contributed by atoms with E-state index in [1.54, 1.807) is 6.07 Å². The van der Waals surface area contributed by atoms with Crippen LogP contribution in [-0.4, -0.2) is 24.5 Å². The minimum absolute atomic E-state index is 0.0639. The second kappa shape index (κ2) is 5.52. The fraction of sp³-hybridized carbons (Fsp3) is 0.133. The van der Waals surface area contributed by atoms with E-state index >= 15 is 0 Å². The van der Waals surface area contributed by atoms with Gasteiger partial charge in [0.15, 0.2) is 21.3 Å². The summed E-state index contributed by atoms with van der Waals surface area (Å²) in [4.78, 5) is 0.0639. The van der Waals surface area contributed by atoms with E-state index in [9.17, 15) is 21.6 Å². The van der Waals surface area contributed by atoms with Crippen molar-refractivity contribution in [2.75, 3.05) is 6.26 Å². The fourth-order valence-electron chi connectivity index (χ4n) is 2.15. The average molecular weight is 356 g/mol. The summed E-state index contributed by atoms with van der Waals surface area (Å²) < 4.78 is 68.1. The van der Waals surface area contributed by atoms with Gasteiger partial charge in [0.1, 0.15) is 5.69 Å². The highest BCUT2D eigenvalue weighted by atomic mass is 32.2. The normalized spacial score (nSPS) is 12.5. The molecule has 0 aliphatic heterocycles. The van der Waals surface area contributed by atoms with Crippen LogP contribution in [0.4, 0.5) is 13.2 Å². The van der Waals surface area contributed by atoms with Crippen LogP contribution < -0.4 is 0 Å². The van der Waals surface area contributed by atoms with E-state index in [0.717, 1.165) is 17.0 Å². The Morgan fingerprint density at radius 1 is 1.12 bits per heavy atom. The second-order valence-electron chi connectivity index (χ2n) is 5.07. The van der Waals surface area contributed by atoms with Crippen LogP contribution >= 0.6 is 0 Å². The number of halogens is 3. The Morgan fingerprint density at radius 3 is 2.29 bits per heavy atom. The van der Waals surface area contributed by atoms with E-state index in [-0.39, 0.29) is 22.0 Å². The molecule has 0 radical (unpaired) electrons. The summed E-state index contributed by atoms with van der Waals surface area (Å²) >= 11 is 0. The predicted octanol–water partition coefficient (Wildman–Crippen LogP) is 3.55. The van der Waals surface area contributed by atoms with Crippen molar-refractivity contribution in [1.29, 1.82) is 0 Å². The van der Waals surface area contributed by atoms with E-state index in [0.29, 0.717) is 0 Å². The molecule has 0 aliphatic carbocycles. The molecular formula is C15H11F3N2O3S. The molecule has 126 valence electrons. The molecule has 0 atom stereocenters. The Balaban J connectivity index is 2.14. The largest absolute Gasteiger partial charge is 0.463 e. The van der Waals surface area contributed by atoms with Gasteiger partial charge in [-0.3, -0.25) is 0 Å². The summed E-state index contributed by atoms with van der Waals surface area (Å²) in [5.41, 5.74) is -0.676. The average Bonchev–Trinajstić information content (AvgIpc) is 3.15. The summed E-state index contributed by atoms with van der Waals surface area (Å²) in [6.07, 6.45) is -2.22. The Bertz CT molecular complexity index is 957. The minimum atomic E-state index is -4.61.